The smallest absolute Gasteiger partial charge is 0.311 e. The van der Waals surface area contributed by atoms with Gasteiger partial charge < -0.3 is 14.4 Å². The number of nitrogens with zero attached hydrogens (tertiary/aromatic N) is 1. The lowest BCUT2D eigenvalue weighted by atomic mass is 9.99. The summed E-state index contributed by atoms with van der Waals surface area (Å²) in [6.45, 7) is 2.06. The molecule has 0 aromatic rings. The van der Waals surface area contributed by atoms with Gasteiger partial charge in [0.05, 0.1) is 12.5 Å². The van der Waals surface area contributed by atoms with Crippen LogP contribution in [-0.2, 0) is 19.1 Å². The minimum atomic E-state index is -0.271. The third kappa shape index (κ3) is 3.19. The second-order valence-corrected chi connectivity index (χ2v) is 8.14. The highest BCUT2D eigenvalue weighted by Gasteiger charge is 2.55. The van der Waals surface area contributed by atoms with Gasteiger partial charge in [-0.3, -0.25) is 9.59 Å². The number of carbonyl (C=O) groups is 2. The van der Waals surface area contributed by atoms with Gasteiger partial charge in [0.15, 0.2) is 0 Å². The van der Waals surface area contributed by atoms with Crippen LogP contribution in [0.15, 0.2) is 0 Å². The average molecular weight is 335 g/mol. The van der Waals surface area contributed by atoms with Crippen molar-refractivity contribution >= 4 is 11.9 Å². The Morgan fingerprint density at radius 2 is 1.88 bits per heavy atom. The van der Waals surface area contributed by atoms with E-state index in [-0.39, 0.29) is 23.4 Å². The molecule has 2 aliphatic carbocycles. The Hall–Kier alpha value is -1.10. The second-order valence-electron chi connectivity index (χ2n) is 8.14. The summed E-state index contributed by atoms with van der Waals surface area (Å²) in [7, 11) is 0. The van der Waals surface area contributed by atoms with Crippen LogP contribution in [-0.4, -0.2) is 48.2 Å². The Bertz CT molecular complexity index is 488. The van der Waals surface area contributed by atoms with E-state index in [0.29, 0.717) is 31.5 Å². The highest BCUT2D eigenvalue weighted by molar-refractivity contribution is 5.87. The lowest BCUT2D eigenvalue weighted by Crippen LogP contribution is -2.37. The van der Waals surface area contributed by atoms with Crippen LogP contribution in [0.5, 0.6) is 0 Å². The summed E-state index contributed by atoms with van der Waals surface area (Å²) >= 11 is 0. The maximum atomic E-state index is 12.7. The zero-order valence-electron chi connectivity index (χ0n) is 14.5. The number of likely N-dealkylation sites (tertiary alicyclic amines) is 1. The molecule has 2 atom stereocenters. The van der Waals surface area contributed by atoms with Gasteiger partial charge in [0.1, 0.15) is 5.60 Å². The first-order valence-electron chi connectivity index (χ1n) is 9.78. The summed E-state index contributed by atoms with van der Waals surface area (Å²) in [5, 5.41) is 0. The summed E-state index contributed by atoms with van der Waals surface area (Å²) in [5.41, 5.74) is -0.271. The van der Waals surface area contributed by atoms with Crippen molar-refractivity contribution in [3.05, 3.63) is 0 Å². The molecule has 5 heteroatoms. The largest absolute Gasteiger partial charge is 0.458 e. The van der Waals surface area contributed by atoms with Crippen LogP contribution in [0.2, 0.25) is 0 Å². The van der Waals surface area contributed by atoms with Crippen LogP contribution in [0.4, 0.5) is 0 Å². The molecule has 5 nitrogen and oxygen atoms in total. The lowest BCUT2D eigenvalue weighted by Gasteiger charge is -2.27. The molecule has 0 aromatic heterocycles. The topological polar surface area (TPSA) is 55.8 Å². The van der Waals surface area contributed by atoms with Gasteiger partial charge in [0.2, 0.25) is 5.91 Å². The van der Waals surface area contributed by atoms with Crippen molar-refractivity contribution in [2.45, 2.75) is 75.9 Å². The molecule has 24 heavy (non-hydrogen) atoms. The Labute approximate surface area is 144 Å². The molecule has 0 radical (unpaired) electrons. The summed E-state index contributed by atoms with van der Waals surface area (Å²) in [4.78, 5) is 27.1. The van der Waals surface area contributed by atoms with E-state index in [1.807, 2.05) is 4.90 Å². The highest BCUT2D eigenvalue weighted by atomic mass is 16.6. The SMILES string of the molecule is O=C(OC1(C2CCOC2)CC1)C1CC(=O)N(C2CCCCCC2)C1. The van der Waals surface area contributed by atoms with E-state index in [0.717, 1.165) is 38.7 Å². The molecule has 4 aliphatic rings. The van der Waals surface area contributed by atoms with Gasteiger partial charge in [0, 0.05) is 31.5 Å². The van der Waals surface area contributed by atoms with Crippen LogP contribution in [0, 0.1) is 11.8 Å². The highest BCUT2D eigenvalue weighted by Crippen LogP contribution is 2.49. The molecular formula is C19H29NO4. The average Bonchev–Trinajstić information content (AvgIpc) is 3.05. The zero-order chi connectivity index (χ0) is 16.6. The van der Waals surface area contributed by atoms with Gasteiger partial charge in [-0.15, -0.1) is 0 Å². The van der Waals surface area contributed by atoms with Crippen molar-refractivity contribution < 1.29 is 19.1 Å². The van der Waals surface area contributed by atoms with Crippen LogP contribution < -0.4 is 0 Å². The van der Waals surface area contributed by atoms with E-state index in [1.165, 1.54) is 25.7 Å². The Morgan fingerprint density at radius 3 is 2.50 bits per heavy atom. The standard InChI is InChI=1S/C19H29NO4/c21-17-11-14(12-20(17)16-5-3-1-2-4-6-16)18(22)24-19(8-9-19)15-7-10-23-13-15/h14-16H,1-13H2. The van der Waals surface area contributed by atoms with Crippen molar-refractivity contribution in [3.63, 3.8) is 0 Å². The molecular weight excluding hydrogens is 306 g/mol. The normalized spacial score (nSPS) is 33.5. The van der Waals surface area contributed by atoms with E-state index < -0.39 is 0 Å². The summed E-state index contributed by atoms with van der Waals surface area (Å²) in [6, 6.07) is 0.343. The Balaban J connectivity index is 1.35. The molecule has 1 amide bonds. The summed E-state index contributed by atoms with van der Waals surface area (Å²) < 4.78 is 11.4. The molecule has 0 N–H and O–H groups in total. The summed E-state index contributed by atoms with van der Waals surface area (Å²) in [5.74, 6) is 0.0961. The monoisotopic (exact) mass is 335 g/mol. The first-order chi connectivity index (χ1) is 11.7. The number of rotatable bonds is 4. The molecule has 2 saturated heterocycles. The molecule has 2 saturated carbocycles. The molecule has 4 rings (SSSR count). The van der Waals surface area contributed by atoms with Gasteiger partial charge in [-0.1, -0.05) is 25.7 Å². The van der Waals surface area contributed by atoms with Gasteiger partial charge in [-0.05, 0) is 32.1 Å². The van der Waals surface area contributed by atoms with Gasteiger partial charge >= 0.3 is 5.97 Å². The minimum absolute atomic E-state index is 0.149. The van der Waals surface area contributed by atoms with E-state index in [4.69, 9.17) is 9.47 Å². The molecule has 2 aliphatic heterocycles. The van der Waals surface area contributed by atoms with E-state index in [1.54, 1.807) is 0 Å². The van der Waals surface area contributed by atoms with Crippen molar-refractivity contribution in [2.75, 3.05) is 19.8 Å². The van der Waals surface area contributed by atoms with Crippen LogP contribution in [0.1, 0.15) is 64.2 Å². The fourth-order valence-corrected chi connectivity index (χ4v) is 4.76. The minimum Gasteiger partial charge on any atom is -0.458 e. The maximum absolute atomic E-state index is 12.7. The molecule has 0 bridgehead atoms. The Kier molecular flexibility index (Phi) is 4.54. The number of hydrogen-bond acceptors (Lipinski definition) is 4. The molecule has 134 valence electrons. The maximum Gasteiger partial charge on any atom is 0.311 e. The van der Waals surface area contributed by atoms with Crippen LogP contribution in [0.3, 0.4) is 0 Å². The van der Waals surface area contributed by atoms with Crippen molar-refractivity contribution in [1.29, 1.82) is 0 Å². The van der Waals surface area contributed by atoms with E-state index in [9.17, 15) is 9.59 Å². The first-order valence-corrected chi connectivity index (χ1v) is 9.78. The molecule has 0 aromatic carbocycles. The van der Waals surface area contributed by atoms with Crippen LogP contribution in [0.25, 0.3) is 0 Å². The summed E-state index contributed by atoms with van der Waals surface area (Å²) in [6.07, 6.45) is 10.4. The number of hydrogen-bond donors (Lipinski definition) is 0. The predicted molar refractivity (Wildman–Crippen MR) is 88.3 cm³/mol. The van der Waals surface area contributed by atoms with Gasteiger partial charge in [-0.25, -0.2) is 0 Å². The third-order valence-corrected chi connectivity index (χ3v) is 6.48. The molecule has 2 unspecified atom stereocenters. The van der Waals surface area contributed by atoms with Crippen molar-refractivity contribution in [3.8, 4) is 0 Å². The van der Waals surface area contributed by atoms with Crippen molar-refractivity contribution in [2.24, 2.45) is 11.8 Å². The zero-order valence-corrected chi connectivity index (χ0v) is 14.5. The van der Waals surface area contributed by atoms with E-state index >= 15 is 0 Å². The first kappa shape index (κ1) is 16.4. The quantitative estimate of drug-likeness (QED) is 0.585. The number of esters is 1. The second kappa shape index (κ2) is 6.66. The van der Waals surface area contributed by atoms with E-state index in [2.05, 4.69) is 0 Å². The Morgan fingerprint density at radius 1 is 1.12 bits per heavy atom. The number of ether oxygens (including phenoxy) is 2. The van der Waals surface area contributed by atoms with Gasteiger partial charge in [0.25, 0.3) is 0 Å². The molecule has 0 spiro atoms. The van der Waals surface area contributed by atoms with Crippen LogP contribution >= 0.6 is 0 Å². The number of amides is 1. The lowest BCUT2D eigenvalue weighted by molar-refractivity contribution is -0.159. The predicted octanol–water partition coefficient (Wildman–Crippen LogP) is 2.67. The fourth-order valence-electron chi connectivity index (χ4n) is 4.76. The number of carbonyl (C=O) groups excluding carboxylic acids is 2. The molecule has 4 fully saturated rings. The van der Waals surface area contributed by atoms with Gasteiger partial charge in [-0.2, -0.15) is 0 Å². The fraction of sp³-hybridized carbons (Fsp3) is 0.895. The van der Waals surface area contributed by atoms with Crippen molar-refractivity contribution in [1.82, 2.24) is 4.90 Å². The third-order valence-electron chi connectivity index (χ3n) is 6.48. The molecule has 2 heterocycles.